The molecule has 2 heterocycles. The maximum atomic E-state index is 13.1. The lowest BCUT2D eigenvalue weighted by Crippen LogP contribution is -2.33. The molecule has 4 aromatic rings. The van der Waals surface area contributed by atoms with E-state index in [0.717, 1.165) is 16.9 Å². The lowest BCUT2D eigenvalue weighted by molar-refractivity contribution is -0.118. The highest BCUT2D eigenvalue weighted by Gasteiger charge is 2.18. The molecule has 4 rings (SSSR count). The van der Waals surface area contributed by atoms with Gasteiger partial charge in [-0.15, -0.1) is 0 Å². The summed E-state index contributed by atoms with van der Waals surface area (Å²) in [6.45, 7) is 6.56. The van der Waals surface area contributed by atoms with Gasteiger partial charge in [-0.1, -0.05) is 36.4 Å². The highest BCUT2D eigenvalue weighted by molar-refractivity contribution is 5.94. The van der Waals surface area contributed by atoms with Crippen molar-refractivity contribution in [2.75, 3.05) is 11.4 Å². The smallest absolute Gasteiger partial charge is 0.264 e. The van der Waals surface area contributed by atoms with Crippen molar-refractivity contribution >= 4 is 22.6 Å². The third-order valence-electron chi connectivity index (χ3n) is 5.45. The van der Waals surface area contributed by atoms with Gasteiger partial charge in [-0.05, 0) is 44.5 Å². The second-order valence-corrected chi connectivity index (χ2v) is 7.42. The van der Waals surface area contributed by atoms with Gasteiger partial charge in [-0.2, -0.15) is 5.10 Å². The number of aryl methyl sites for hydroxylation is 2. The van der Waals surface area contributed by atoms with Crippen LogP contribution in [-0.2, 0) is 11.3 Å². The fourth-order valence-corrected chi connectivity index (χ4v) is 3.82. The minimum absolute atomic E-state index is 0.0248. The Morgan fingerprint density at radius 3 is 2.45 bits per heavy atom. The number of benzene rings is 2. The number of nitrogens with zero attached hydrogens (tertiary/aromatic N) is 5. The standard InChI is InChI=1S/C24H25N5O2/c1-4-27(21-13-9-8-10-17(21)2)22(30)14-15-28-18(3)26-23-20(24(28)31)16-25-29(23)19-11-6-5-7-12-19/h5-13,16H,4,14-15H2,1-3H3. The van der Waals surface area contributed by atoms with Crippen molar-refractivity contribution in [2.45, 2.75) is 33.7 Å². The number of amides is 1. The SMILES string of the molecule is CCN(C(=O)CCn1c(C)nc2c(cnn2-c2ccccc2)c1=O)c1ccccc1C. The summed E-state index contributed by atoms with van der Waals surface area (Å²) in [6.07, 6.45) is 1.75. The third-order valence-corrected chi connectivity index (χ3v) is 5.45. The van der Waals surface area contributed by atoms with Crippen LogP contribution < -0.4 is 10.5 Å². The molecule has 0 aliphatic heterocycles. The van der Waals surface area contributed by atoms with Crippen molar-refractivity contribution in [3.05, 3.63) is 82.5 Å². The van der Waals surface area contributed by atoms with Gasteiger partial charge in [0, 0.05) is 25.2 Å². The Kier molecular flexibility index (Phi) is 5.66. The fraction of sp³-hybridized carbons (Fsp3) is 0.250. The van der Waals surface area contributed by atoms with E-state index < -0.39 is 0 Å². The average molecular weight is 415 g/mol. The third kappa shape index (κ3) is 3.86. The van der Waals surface area contributed by atoms with Crippen LogP contribution in [-0.4, -0.2) is 31.8 Å². The highest BCUT2D eigenvalue weighted by atomic mass is 16.2. The first-order valence-electron chi connectivity index (χ1n) is 10.4. The van der Waals surface area contributed by atoms with E-state index in [0.29, 0.717) is 23.4 Å². The minimum atomic E-state index is -0.184. The molecule has 0 saturated heterocycles. The van der Waals surface area contributed by atoms with Crippen molar-refractivity contribution in [3.63, 3.8) is 0 Å². The normalized spacial score (nSPS) is 11.1. The highest BCUT2D eigenvalue weighted by Crippen LogP contribution is 2.20. The molecule has 0 spiro atoms. The lowest BCUT2D eigenvalue weighted by atomic mass is 10.1. The molecule has 0 saturated carbocycles. The van der Waals surface area contributed by atoms with Crippen LogP contribution in [0.25, 0.3) is 16.7 Å². The van der Waals surface area contributed by atoms with Crippen molar-refractivity contribution < 1.29 is 4.79 Å². The molecule has 0 N–H and O–H groups in total. The molecule has 7 nitrogen and oxygen atoms in total. The molecule has 158 valence electrons. The van der Waals surface area contributed by atoms with Gasteiger partial charge in [0.1, 0.15) is 11.2 Å². The van der Waals surface area contributed by atoms with E-state index in [1.807, 2.05) is 68.4 Å². The van der Waals surface area contributed by atoms with E-state index >= 15 is 0 Å². The van der Waals surface area contributed by atoms with Crippen molar-refractivity contribution in [3.8, 4) is 5.69 Å². The van der Waals surface area contributed by atoms with Crippen LogP contribution in [0.2, 0.25) is 0 Å². The number of hydrogen-bond donors (Lipinski definition) is 0. The molecule has 0 radical (unpaired) electrons. The second kappa shape index (κ2) is 8.55. The molecule has 0 atom stereocenters. The van der Waals surface area contributed by atoms with E-state index in [9.17, 15) is 9.59 Å². The molecule has 1 amide bonds. The van der Waals surface area contributed by atoms with Crippen LogP contribution in [0, 0.1) is 13.8 Å². The topological polar surface area (TPSA) is 73.0 Å². The molecule has 0 aliphatic carbocycles. The summed E-state index contributed by atoms with van der Waals surface area (Å²) in [5.74, 6) is 0.532. The maximum absolute atomic E-state index is 13.1. The molecule has 2 aromatic heterocycles. The van der Waals surface area contributed by atoms with E-state index in [-0.39, 0.29) is 24.4 Å². The zero-order valence-electron chi connectivity index (χ0n) is 17.9. The summed E-state index contributed by atoms with van der Waals surface area (Å²) in [7, 11) is 0. The number of carbonyl (C=O) groups is 1. The molecule has 2 aromatic carbocycles. The monoisotopic (exact) mass is 415 g/mol. The number of hydrogen-bond acceptors (Lipinski definition) is 4. The predicted octanol–water partition coefficient (Wildman–Crippen LogP) is 3.64. The first kappa shape index (κ1) is 20.5. The van der Waals surface area contributed by atoms with Crippen molar-refractivity contribution in [2.24, 2.45) is 0 Å². The van der Waals surface area contributed by atoms with E-state index in [1.54, 1.807) is 27.3 Å². The van der Waals surface area contributed by atoms with Gasteiger partial charge < -0.3 is 4.90 Å². The van der Waals surface area contributed by atoms with E-state index in [2.05, 4.69) is 10.1 Å². The van der Waals surface area contributed by atoms with Crippen LogP contribution in [0.5, 0.6) is 0 Å². The molecule has 0 fully saturated rings. The number of para-hydroxylation sites is 2. The lowest BCUT2D eigenvalue weighted by Gasteiger charge is -2.23. The van der Waals surface area contributed by atoms with E-state index in [1.165, 1.54) is 0 Å². The average Bonchev–Trinajstić information content (AvgIpc) is 3.20. The summed E-state index contributed by atoms with van der Waals surface area (Å²) < 4.78 is 3.22. The summed E-state index contributed by atoms with van der Waals surface area (Å²) >= 11 is 0. The van der Waals surface area contributed by atoms with Crippen molar-refractivity contribution in [1.82, 2.24) is 19.3 Å². The maximum Gasteiger partial charge on any atom is 0.264 e. The van der Waals surface area contributed by atoms with Crippen molar-refractivity contribution in [1.29, 1.82) is 0 Å². The van der Waals surface area contributed by atoms with Crippen LogP contribution in [0.3, 0.4) is 0 Å². The molecular weight excluding hydrogens is 390 g/mol. The zero-order valence-corrected chi connectivity index (χ0v) is 17.9. The largest absolute Gasteiger partial charge is 0.312 e. The number of carbonyl (C=O) groups excluding carboxylic acids is 1. The van der Waals surface area contributed by atoms with Gasteiger partial charge >= 0.3 is 0 Å². The Hall–Kier alpha value is -3.74. The van der Waals surface area contributed by atoms with Gasteiger partial charge in [0.05, 0.1) is 11.9 Å². The van der Waals surface area contributed by atoms with Crippen LogP contribution in [0.4, 0.5) is 5.69 Å². The van der Waals surface area contributed by atoms with Gasteiger partial charge in [0.15, 0.2) is 5.65 Å². The molecule has 0 aliphatic rings. The first-order valence-corrected chi connectivity index (χ1v) is 10.4. The second-order valence-electron chi connectivity index (χ2n) is 7.42. The summed E-state index contributed by atoms with van der Waals surface area (Å²) in [5.41, 5.74) is 3.12. The van der Waals surface area contributed by atoms with Crippen LogP contribution in [0.15, 0.2) is 65.6 Å². The molecule has 7 heteroatoms. The van der Waals surface area contributed by atoms with E-state index in [4.69, 9.17) is 0 Å². The zero-order chi connectivity index (χ0) is 22.0. The number of fused-ring (bicyclic) bond motifs is 1. The molecule has 0 unspecified atom stereocenters. The molecule has 0 bridgehead atoms. The van der Waals surface area contributed by atoms with Gasteiger partial charge in [-0.25, -0.2) is 9.67 Å². The molecular formula is C24H25N5O2. The predicted molar refractivity (Wildman–Crippen MR) is 122 cm³/mol. The quantitative estimate of drug-likeness (QED) is 0.482. The van der Waals surface area contributed by atoms with Gasteiger partial charge in [-0.3, -0.25) is 14.2 Å². The Bertz CT molecular complexity index is 1290. The number of rotatable bonds is 6. The summed E-state index contributed by atoms with van der Waals surface area (Å²) in [5, 5.41) is 4.80. The van der Waals surface area contributed by atoms with Gasteiger partial charge in [0.2, 0.25) is 5.91 Å². The Balaban J connectivity index is 1.61. The number of anilines is 1. The fourth-order valence-electron chi connectivity index (χ4n) is 3.82. The summed E-state index contributed by atoms with van der Waals surface area (Å²) in [6, 6.07) is 17.4. The Labute approximate surface area is 180 Å². The molecule has 31 heavy (non-hydrogen) atoms. The van der Waals surface area contributed by atoms with Crippen LogP contribution in [0.1, 0.15) is 24.7 Å². The number of aromatic nitrogens is 4. The summed E-state index contributed by atoms with van der Waals surface area (Å²) in [4.78, 5) is 32.4. The minimum Gasteiger partial charge on any atom is -0.312 e. The Morgan fingerprint density at radius 2 is 1.74 bits per heavy atom. The van der Waals surface area contributed by atoms with Gasteiger partial charge in [0.25, 0.3) is 5.56 Å². The Morgan fingerprint density at radius 1 is 1.03 bits per heavy atom. The first-order chi connectivity index (χ1) is 15.0. The van der Waals surface area contributed by atoms with Crippen LogP contribution >= 0.6 is 0 Å².